The smallest absolute Gasteiger partial charge is 0.00858 e. The van der Waals surface area contributed by atoms with Gasteiger partial charge in [-0.1, -0.05) is 32.9 Å². The second-order valence-electron chi connectivity index (χ2n) is 4.78. The summed E-state index contributed by atoms with van der Waals surface area (Å²) in [4.78, 5) is 2.97. The quantitative estimate of drug-likeness (QED) is 0.543. The summed E-state index contributed by atoms with van der Waals surface area (Å²) in [5.41, 5.74) is 0. The standard InChI is InChI=1S/C15H25NS/c1-4-14-9-10-15(17-14)8-6-5-7-11-16-12-13(2)3/h5-6,9-10,13,16H,4,7-8,11-12H2,1-3H3. The fourth-order valence-corrected chi connectivity index (χ4v) is 2.55. The average molecular weight is 251 g/mol. The van der Waals surface area contributed by atoms with E-state index in [1.807, 2.05) is 11.3 Å². The summed E-state index contributed by atoms with van der Waals surface area (Å²) >= 11 is 1.94. The van der Waals surface area contributed by atoms with E-state index in [1.165, 1.54) is 9.75 Å². The van der Waals surface area contributed by atoms with E-state index in [-0.39, 0.29) is 0 Å². The van der Waals surface area contributed by atoms with Crippen LogP contribution >= 0.6 is 11.3 Å². The van der Waals surface area contributed by atoms with Crippen molar-refractivity contribution in [2.45, 2.75) is 40.0 Å². The first-order chi connectivity index (χ1) is 8.22. The van der Waals surface area contributed by atoms with Crippen LogP contribution < -0.4 is 5.32 Å². The third kappa shape index (κ3) is 6.64. The average Bonchev–Trinajstić information content (AvgIpc) is 2.75. The molecule has 1 aromatic heterocycles. The van der Waals surface area contributed by atoms with E-state index in [2.05, 4.69) is 50.4 Å². The van der Waals surface area contributed by atoms with Gasteiger partial charge in [-0.25, -0.2) is 0 Å². The van der Waals surface area contributed by atoms with Crippen LogP contribution in [-0.2, 0) is 12.8 Å². The third-order valence-electron chi connectivity index (χ3n) is 2.59. The maximum atomic E-state index is 3.45. The summed E-state index contributed by atoms with van der Waals surface area (Å²) in [7, 11) is 0. The van der Waals surface area contributed by atoms with Gasteiger partial charge in [0.15, 0.2) is 0 Å². The summed E-state index contributed by atoms with van der Waals surface area (Å²) < 4.78 is 0. The zero-order valence-corrected chi connectivity index (χ0v) is 12.1. The van der Waals surface area contributed by atoms with Crippen molar-refractivity contribution >= 4 is 11.3 Å². The summed E-state index contributed by atoms with van der Waals surface area (Å²) in [6.07, 6.45) is 7.97. The Kier molecular flexibility index (Phi) is 7.22. The molecule has 1 N–H and O–H groups in total. The summed E-state index contributed by atoms with van der Waals surface area (Å²) in [6, 6.07) is 4.50. The van der Waals surface area contributed by atoms with E-state index in [4.69, 9.17) is 0 Å². The Morgan fingerprint density at radius 3 is 2.65 bits per heavy atom. The monoisotopic (exact) mass is 251 g/mol. The van der Waals surface area contributed by atoms with Crippen molar-refractivity contribution in [3.8, 4) is 0 Å². The molecule has 0 atom stereocenters. The molecule has 17 heavy (non-hydrogen) atoms. The first-order valence-corrected chi connectivity index (χ1v) is 7.47. The molecule has 0 saturated carbocycles. The van der Waals surface area contributed by atoms with Gasteiger partial charge in [-0.2, -0.15) is 0 Å². The predicted molar refractivity (Wildman–Crippen MR) is 78.9 cm³/mol. The van der Waals surface area contributed by atoms with Crippen LogP contribution in [0.25, 0.3) is 0 Å². The zero-order valence-electron chi connectivity index (χ0n) is 11.3. The molecular formula is C15H25NS. The molecule has 0 fully saturated rings. The highest BCUT2D eigenvalue weighted by atomic mass is 32.1. The van der Waals surface area contributed by atoms with Gasteiger partial charge in [0.1, 0.15) is 0 Å². The molecule has 0 aliphatic heterocycles. The number of thiophene rings is 1. The first-order valence-electron chi connectivity index (χ1n) is 6.65. The lowest BCUT2D eigenvalue weighted by molar-refractivity contribution is 0.556. The van der Waals surface area contributed by atoms with Crippen molar-refractivity contribution in [3.63, 3.8) is 0 Å². The Morgan fingerprint density at radius 1 is 1.24 bits per heavy atom. The molecule has 0 aromatic carbocycles. The highest BCUT2D eigenvalue weighted by Crippen LogP contribution is 2.17. The van der Waals surface area contributed by atoms with Gasteiger partial charge in [0.2, 0.25) is 0 Å². The lowest BCUT2D eigenvalue weighted by Crippen LogP contribution is -2.20. The molecule has 0 bridgehead atoms. The molecule has 0 unspecified atom stereocenters. The van der Waals surface area contributed by atoms with Crippen molar-refractivity contribution in [2.24, 2.45) is 5.92 Å². The molecule has 0 saturated heterocycles. The van der Waals surface area contributed by atoms with Gasteiger partial charge in [0, 0.05) is 9.75 Å². The molecule has 96 valence electrons. The molecule has 1 rings (SSSR count). The molecular weight excluding hydrogens is 226 g/mol. The second-order valence-corrected chi connectivity index (χ2v) is 6.04. The zero-order chi connectivity index (χ0) is 12.5. The fourth-order valence-electron chi connectivity index (χ4n) is 1.62. The minimum atomic E-state index is 0.748. The highest BCUT2D eigenvalue weighted by molar-refractivity contribution is 7.12. The first kappa shape index (κ1) is 14.5. The molecule has 1 nitrogen and oxygen atoms in total. The summed E-state index contributed by atoms with van der Waals surface area (Å²) in [5.74, 6) is 0.748. The lowest BCUT2D eigenvalue weighted by Gasteiger charge is -2.04. The van der Waals surface area contributed by atoms with Crippen molar-refractivity contribution in [1.29, 1.82) is 0 Å². The van der Waals surface area contributed by atoms with Crippen LogP contribution in [0.4, 0.5) is 0 Å². The molecule has 0 radical (unpaired) electrons. The SMILES string of the molecule is CCc1ccc(CC=CCCNCC(C)C)s1. The van der Waals surface area contributed by atoms with Crippen molar-refractivity contribution < 1.29 is 0 Å². The van der Waals surface area contributed by atoms with Crippen molar-refractivity contribution in [1.82, 2.24) is 5.32 Å². The number of hydrogen-bond donors (Lipinski definition) is 1. The lowest BCUT2D eigenvalue weighted by atomic mass is 10.2. The van der Waals surface area contributed by atoms with Crippen LogP contribution in [-0.4, -0.2) is 13.1 Å². The van der Waals surface area contributed by atoms with Crippen LogP contribution in [0.5, 0.6) is 0 Å². The Balaban J connectivity index is 2.09. The van der Waals surface area contributed by atoms with E-state index in [9.17, 15) is 0 Å². The number of rotatable bonds is 8. The molecule has 1 aromatic rings. The number of nitrogens with one attached hydrogen (secondary N) is 1. The number of hydrogen-bond acceptors (Lipinski definition) is 2. The van der Waals surface area contributed by atoms with E-state index >= 15 is 0 Å². The molecule has 0 amide bonds. The van der Waals surface area contributed by atoms with Crippen molar-refractivity contribution in [3.05, 3.63) is 34.0 Å². The number of allylic oxidation sites excluding steroid dienone is 1. The van der Waals surface area contributed by atoms with Gasteiger partial charge in [-0.3, -0.25) is 0 Å². The van der Waals surface area contributed by atoms with Crippen LogP contribution in [0.15, 0.2) is 24.3 Å². The predicted octanol–water partition coefficient (Wildman–Crippen LogP) is 4.04. The Morgan fingerprint density at radius 2 is 2.00 bits per heavy atom. The molecule has 0 aliphatic carbocycles. The van der Waals surface area contributed by atoms with E-state index < -0.39 is 0 Å². The van der Waals surface area contributed by atoms with Gasteiger partial charge >= 0.3 is 0 Å². The molecule has 0 aliphatic rings. The second kappa shape index (κ2) is 8.48. The highest BCUT2D eigenvalue weighted by Gasteiger charge is 1.95. The van der Waals surface area contributed by atoms with Crippen LogP contribution in [0.2, 0.25) is 0 Å². The Labute approximate surface area is 110 Å². The van der Waals surface area contributed by atoms with Gasteiger partial charge in [-0.15, -0.1) is 11.3 Å². The summed E-state index contributed by atoms with van der Waals surface area (Å²) in [6.45, 7) is 8.92. The van der Waals surface area contributed by atoms with Crippen molar-refractivity contribution in [2.75, 3.05) is 13.1 Å². The maximum Gasteiger partial charge on any atom is 0.00858 e. The Bertz CT molecular complexity index is 325. The topological polar surface area (TPSA) is 12.0 Å². The minimum absolute atomic E-state index is 0.748. The van der Waals surface area contributed by atoms with Gasteiger partial charge in [0.05, 0.1) is 0 Å². The summed E-state index contributed by atoms with van der Waals surface area (Å²) in [5, 5.41) is 3.45. The minimum Gasteiger partial charge on any atom is -0.316 e. The van der Waals surface area contributed by atoms with E-state index in [0.717, 1.165) is 38.3 Å². The fraction of sp³-hybridized carbons (Fsp3) is 0.600. The van der Waals surface area contributed by atoms with Crippen LogP contribution in [0.3, 0.4) is 0 Å². The van der Waals surface area contributed by atoms with Gasteiger partial charge in [-0.05, 0) is 50.4 Å². The Hall–Kier alpha value is -0.600. The van der Waals surface area contributed by atoms with Crippen LogP contribution in [0.1, 0.15) is 36.9 Å². The van der Waals surface area contributed by atoms with Crippen LogP contribution in [0, 0.1) is 5.92 Å². The van der Waals surface area contributed by atoms with E-state index in [1.54, 1.807) is 0 Å². The number of aryl methyl sites for hydroxylation is 1. The van der Waals surface area contributed by atoms with Gasteiger partial charge in [0.25, 0.3) is 0 Å². The molecule has 0 spiro atoms. The maximum absolute atomic E-state index is 3.45. The van der Waals surface area contributed by atoms with Gasteiger partial charge < -0.3 is 5.32 Å². The molecule has 2 heteroatoms. The normalized spacial score (nSPS) is 11.8. The third-order valence-corrected chi connectivity index (χ3v) is 3.84. The largest absolute Gasteiger partial charge is 0.316 e. The van der Waals surface area contributed by atoms with E-state index in [0.29, 0.717) is 0 Å². The molecule has 1 heterocycles.